The van der Waals surface area contributed by atoms with E-state index in [2.05, 4.69) is 53.5 Å². The maximum atomic E-state index is 10.3. The van der Waals surface area contributed by atoms with E-state index < -0.39 is 5.56 Å². The predicted molar refractivity (Wildman–Crippen MR) is 74.3 cm³/mol. The van der Waals surface area contributed by atoms with E-state index in [4.69, 9.17) is 10.2 Å². The normalized spacial score (nSPS) is 9.68. The molecule has 0 fully saturated rings. The number of aromatic hydroxyl groups is 2. The Kier molecular flexibility index (Phi) is 3.83. The van der Waals surface area contributed by atoms with Crippen molar-refractivity contribution in [2.24, 2.45) is 0 Å². The SMILES string of the molecule is O=c1cc(O)cc(O)[nH]1.c1ccc2ccccc2c1. The average molecular weight is 255 g/mol. The van der Waals surface area contributed by atoms with Crippen LogP contribution >= 0.6 is 0 Å². The lowest BCUT2D eigenvalue weighted by Crippen LogP contribution is -2.00. The lowest BCUT2D eigenvalue weighted by Gasteiger charge is -1.92. The number of H-pyrrole nitrogens is 1. The van der Waals surface area contributed by atoms with Crippen LogP contribution < -0.4 is 5.56 Å². The molecule has 96 valence electrons. The van der Waals surface area contributed by atoms with Crippen molar-refractivity contribution < 1.29 is 10.2 Å². The monoisotopic (exact) mass is 255 g/mol. The van der Waals surface area contributed by atoms with Crippen molar-refractivity contribution in [1.82, 2.24) is 4.98 Å². The van der Waals surface area contributed by atoms with Gasteiger partial charge in [-0.05, 0) is 10.8 Å². The molecule has 0 saturated heterocycles. The molecule has 1 aromatic heterocycles. The Bertz CT molecular complexity index is 646. The molecule has 1 heterocycles. The molecule has 0 radical (unpaired) electrons. The zero-order valence-electron chi connectivity index (χ0n) is 10.1. The largest absolute Gasteiger partial charge is 0.508 e. The molecule has 0 spiro atoms. The fourth-order valence-corrected chi connectivity index (χ4v) is 1.65. The summed E-state index contributed by atoms with van der Waals surface area (Å²) in [5.41, 5.74) is -0.521. The molecule has 3 N–H and O–H groups in total. The zero-order valence-corrected chi connectivity index (χ0v) is 10.1. The number of aromatic nitrogens is 1. The van der Waals surface area contributed by atoms with Crippen LogP contribution in [0, 0.1) is 0 Å². The van der Waals surface area contributed by atoms with E-state index in [1.165, 1.54) is 10.8 Å². The number of pyridine rings is 1. The molecule has 0 aliphatic rings. The average Bonchev–Trinajstić information content (AvgIpc) is 2.38. The van der Waals surface area contributed by atoms with Gasteiger partial charge in [0.15, 0.2) is 5.88 Å². The van der Waals surface area contributed by atoms with E-state index in [1.807, 2.05) is 0 Å². The van der Waals surface area contributed by atoms with Crippen molar-refractivity contribution in [3.8, 4) is 11.6 Å². The van der Waals surface area contributed by atoms with Gasteiger partial charge in [-0.15, -0.1) is 0 Å². The Labute approximate surface area is 109 Å². The molecule has 2 aromatic carbocycles. The third-order valence-electron chi connectivity index (χ3n) is 2.47. The molecule has 3 aromatic rings. The molecule has 0 aliphatic heterocycles. The van der Waals surface area contributed by atoms with Crippen molar-refractivity contribution in [2.45, 2.75) is 0 Å². The minimum Gasteiger partial charge on any atom is -0.508 e. The van der Waals surface area contributed by atoms with Gasteiger partial charge >= 0.3 is 0 Å². The number of hydrogen-bond donors (Lipinski definition) is 3. The van der Waals surface area contributed by atoms with E-state index in [0.29, 0.717) is 0 Å². The lowest BCUT2D eigenvalue weighted by molar-refractivity contribution is 0.433. The maximum absolute atomic E-state index is 10.3. The molecule has 0 aliphatic carbocycles. The van der Waals surface area contributed by atoms with Crippen LogP contribution in [-0.2, 0) is 0 Å². The van der Waals surface area contributed by atoms with Crippen LogP contribution in [0.1, 0.15) is 0 Å². The minimum absolute atomic E-state index is 0.240. The van der Waals surface area contributed by atoms with E-state index in [-0.39, 0.29) is 11.6 Å². The molecular weight excluding hydrogens is 242 g/mol. The summed E-state index contributed by atoms with van der Waals surface area (Å²) in [6.45, 7) is 0. The molecule has 3 rings (SSSR count). The summed E-state index contributed by atoms with van der Waals surface area (Å²) >= 11 is 0. The molecule has 0 unspecified atom stereocenters. The maximum Gasteiger partial charge on any atom is 0.254 e. The number of hydrogen-bond acceptors (Lipinski definition) is 3. The number of aromatic amines is 1. The van der Waals surface area contributed by atoms with Gasteiger partial charge in [0.2, 0.25) is 0 Å². The number of nitrogens with one attached hydrogen (secondary N) is 1. The third kappa shape index (κ3) is 3.61. The van der Waals surface area contributed by atoms with Gasteiger partial charge in [0.25, 0.3) is 5.56 Å². The Morgan fingerprint density at radius 2 is 1.26 bits per heavy atom. The van der Waals surface area contributed by atoms with Crippen molar-refractivity contribution in [2.75, 3.05) is 0 Å². The fraction of sp³-hybridized carbons (Fsp3) is 0. The molecule has 0 saturated carbocycles. The Morgan fingerprint density at radius 1 is 0.789 bits per heavy atom. The van der Waals surface area contributed by atoms with E-state index >= 15 is 0 Å². The smallest absolute Gasteiger partial charge is 0.254 e. The highest BCUT2D eigenvalue weighted by atomic mass is 16.3. The summed E-state index contributed by atoms with van der Waals surface area (Å²) in [6, 6.07) is 18.7. The summed E-state index contributed by atoms with van der Waals surface area (Å²) in [6.07, 6.45) is 0. The van der Waals surface area contributed by atoms with Crippen LogP contribution in [0.3, 0.4) is 0 Å². The van der Waals surface area contributed by atoms with Gasteiger partial charge in [-0.3, -0.25) is 9.78 Å². The van der Waals surface area contributed by atoms with Crippen LogP contribution in [0.4, 0.5) is 0 Å². The molecule has 0 amide bonds. The molecule has 0 atom stereocenters. The highest BCUT2D eigenvalue weighted by Gasteiger charge is 1.91. The van der Waals surface area contributed by atoms with Gasteiger partial charge in [0, 0.05) is 12.1 Å². The van der Waals surface area contributed by atoms with Crippen molar-refractivity contribution in [3.05, 3.63) is 71.0 Å². The summed E-state index contributed by atoms with van der Waals surface area (Å²) in [4.78, 5) is 12.4. The summed E-state index contributed by atoms with van der Waals surface area (Å²) in [5.74, 6) is -0.573. The van der Waals surface area contributed by atoms with Crippen LogP contribution in [0.5, 0.6) is 11.6 Å². The number of benzene rings is 2. The van der Waals surface area contributed by atoms with Gasteiger partial charge in [0.05, 0.1) is 0 Å². The van der Waals surface area contributed by atoms with Gasteiger partial charge in [-0.1, -0.05) is 48.5 Å². The van der Waals surface area contributed by atoms with Gasteiger partial charge < -0.3 is 10.2 Å². The third-order valence-corrected chi connectivity index (χ3v) is 2.47. The first-order chi connectivity index (χ1) is 9.15. The van der Waals surface area contributed by atoms with E-state index in [0.717, 1.165) is 12.1 Å². The lowest BCUT2D eigenvalue weighted by atomic mass is 10.1. The summed E-state index contributed by atoms with van der Waals surface area (Å²) in [5, 5.41) is 19.8. The van der Waals surface area contributed by atoms with Gasteiger partial charge in [-0.25, -0.2) is 0 Å². The molecular formula is C15H13NO3. The fourth-order valence-electron chi connectivity index (χ4n) is 1.65. The highest BCUT2D eigenvalue weighted by Crippen LogP contribution is 2.11. The second-order valence-electron chi connectivity index (χ2n) is 3.94. The first-order valence-corrected chi connectivity index (χ1v) is 5.71. The Balaban J connectivity index is 0.000000141. The van der Waals surface area contributed by atoms with Crippen LogP contribution in [0.2, 0.25) is 0 Å². The topological polar surface area (TPSA) is 73.3 Å². The quantitative estimate of drug-likeness (QED) is 0.578. The first-order valence-electron chi connectivity index (χ1n) is 5.71. The van der Waals surface area contributed by atoms with Gasteiger partial charge in [0.1, 0.15) is 5.75 Å². The molecule has 4 heteroatoms. The Morgan fingerprint density at radius 3 is 1.63 bits per heavy atom. The number of rotatable bonds is 0. The highest BCUT2D eigenvalue weighted by molar-refractivity contribution is 5.81. The van der Waals surface area contributed by atoms with Gasteiger partial charge in [-0.2, -0.15) is 0 Å². The van der Waals surface area contributed by atoms with E-state index in [1.54, 1.807) is 0 Å². The molecule has 4 nitrogen and oxygen atoms in total. The summed E-state index contributed by atoms with van der Waals surface area (Å²) in [7, 11) is 0. The second kappa shape index (κ2) is 5.73. The van der Waals surface area contributed by atoms with Crippen molar-refractivity contribution in [3.63, 3.8) is 0 Å². The van der Waals surface area contributed by atoms with Crippen LogP contribution in [0.15, 0.2) is 65.5 Å². The van der Waals surface area contributed by atoms with E-state index in [9.17, 15) is 4.79 Å². The first kappa shape index (κ1) is 12.7. The van der Waals surface area contributed by atoms with Crippen molar-refractivity contribution >= 4 is 10.8 Å². The van der Waals surface area contributed by atoms with Crippen molar-refractivity contribution in [1.29, 1.82) is 0 Å². The summed E-state index contributed by atoms with van der Waals surface area (Å²) < 4.78 is 0. The molecule has 19 heavy (non-hydrogen) atoms. The Hall–Kier alpha value is -2.75. The van der Waals surface area contributed by atoms with Crippen LogP contribution in [-0.4, -0.2) is 15.2 Å². The zero-order chi connectivity index (χ0) is 13.7. The minimum atomic E-state index is -0.521. The number of fused-ring (bicyclic) bond motifs is 1. The van der Waals surface area contributed by atoms with Crippen LogP contribution in [0.25, 0.3) is 10.8 Å². The predicted octanol–water partition coefficient (Wildman–Crippen LogP) is 2.63. The standard InChI is InChI=1S/C10H8.C5H5NO3/c1-2-6-10-8-4-3-7-9(10)5-1;7-3-1-4(8)6-5(9)2-3/h1-8H;1-2H,(H3,6,7,8,9). The molecule has 0 bridgehead atoms. The second-order valence-corrected chi connectivity index (χ2v) is 3.94.